The predicted octanol–water partition coefficient (Wildman–Crippen LogP) is 5.14. The zero-order chi connectivity index (χ0) is 22.8. The summed E-state index contributed by atoms with van der Waals surface area (Å²) in [5.41, 5.74) is 3.53. The third kappa shape index (κ3) is 4.67. The summed E-state index contributed by atoms with van der Waals surface area (Å²) in [7, 11) is 0. The Morgan fingerprint density at radius 2 is 1.52 bits per heavy atom. The van der Waals surface area contributed by atoms with Gasteiger partial charge in [-0.2, -0.15) is 0 Å². The Kier molecular flexibility index (Phi) is 6.18. The Labute approximate surface area is 197 Å². The number of rotatable bonds is 5. The summed E-state index contributed by atoms with van der Waals surface area (Å²) < 4.78 is 5.93. The molecule has 5 rings (SSSR count). The van der Waals surface area contributed by atoms with Crippen LogP contribution in [0.25, 0.3) is 22.1 Å². The maximum absolute atomic E-state index is 13.2. The molecule has 2 heterocycles. The molecule has 168 valence electrons. The third-order valence-corrected chi connectivity index (χ3v) is 6.52. The van der Waals surface area contributed by atoms with Gasteiger partial charge in [0.15, 0.2) is 0 Å². The predicted molar refractivity (Wildman–Crippen MR) is 132 cm³/mol. The van der Waals surface area contributed by atoms with Crippen molar-refractivity contribution in [2.24, 2.45) is 0 Å². The lowest BCUT2D eigenvalue weighted by molar-refractivity contribution is 0.121. The van der Waals surface area contributed by atoms with Gasteiger partial charge in [0, 0.05) is 44.3 Å². The summed E-state index contributed by atoms with van der Waals surface area (Å²) in [6.45, 7) is 5.14. The Bertz CT molecular complexity index is 1310. The van der Waals surface area contributed by atoms with E-state index in [4.69, 9.17) is 16.0 Å². The van der Waals surface area contributed by atoms with E-state index in [1.807, 2.05) is 6.07 Å². The second-order valence-electron chi connectivity index (χ2n) is 8.46. The summed E-state index contributed by atoms with van der Waals surface area (Å²) >= 11 is 5.98. The first-order valence-corrected chi connectivity index (χ1v) is 11.5. The van der Waals surface area contributed by atoms with Crippen molar-refractivity contribution >= 4 is 22.6 Å². The molecule has 0 bridgehead atoms. The van der Waals surface area contributed by atoms with Gasteiger partial charge in [-0.05, 0) is 35.4 Å². The molecule has 1 aliphatic heterocycles. The average molecular weight is 461 g/mol. The lowest BCUT2D eigenvalue weighted by atomic mass is 10.0. The molecule has 6 heteroatoms. The highest BCUT2D eigenvalue weighted by Gasteiger charge is 2.21. The van der Waals surface area contributed by atoms with Crippen LogP contribution < -0.4 is 5.43 Å². The normalized spacial score (nSPS) is 15.2. The van der Waals surface area contributed by atoms with Crippen LogP contribution >= 0.6 is 11.6 Å². The van der Waals surface area contributed by atoms with Gasteiger partial charge in [0.2, 0.25) is 5.43 Å². The fourth-order valence-corrected chi connectivity index (χ4v) is 4.53. The van der Waals surface area contributed by atoms with Gasteiger partial charge >= 0.3 is 0 Å². The van der Waals surface area contributed by atoms with Crippen LogP contribution in [0.15, 0.2) is 82.2 Å². The van der Waals surface area contributed by atoms with Crippen LogP contribution in [0.3, 0.4) is 0 Å². The highest BCUT2D eigenvalue weighted by molar-refractivity contribution is 6.30. The number of benzene rings is 3. The Hall–Kier alpha value is -3.12. The Morgan fingerprint density at radius 3 is 2.21 bits per heavy atom. The molecular weight excluding hydrogens is 436 g/mol. The van der Waals surface area contributed by atoms with Crippen molar-refractivity contribution in [3.8, 4) is 16.9 Å². The van der Waals surface area contributed by atoms with Gasteiger partial charge in [-0.25, -0.2) is 0 Å². The molecule has 0 aliphatic carbocycles. The first-order valence-electron chi connectivity index (χ1n) is 11.1. The third-order valence-electron chi connectivity index (χ3n) is 6.27. The van der Waals surface area contributed by atoms with Crippen molar-refractivity contribution in [3.63, 3.8) is 0 Å². The van der Waals surface area contributed by atoms with Crippen LogP contribution in [0.1, 0.15) is 11.1 Å². The topological polar surface area (TPSA) is 56.9 Å². The van der Waals surface area contributed by atoms with Crippen molar-refractivity contribution in [2.75, 3.05) is 26.2 Å². The number of halogens is 1. The molecule has 5 nitrogen and oxygen atoms in total. The van der Waals surface area contributed by atoms with E-state index in [1.165, 1.54) is 11.8 Å². The SMILES string of the molecule is O=c1c(-c2ccc(Cl)cc2)coc2c(CN3CCN(Cc4ccccc4)CC3)c(O)ccc12. The monoisotopic (exact) mass is 460 g/mol. The molecule has 1 N–H and O–H groups in total. The van der Waals surface area contributed by atoms with Crippen molar-refractivity contribution in [3.05, 3.63) is 99.4 Å². The molecule has 3 aromatic carbocycles. The van der Waals surface area contributed by atoms with Crippen LogP contribution in [-0.2, 0) is 13.1 Å². The van der Waals surface area contributed by atoms with Crippen LogP contribution in [0.4, 0.5) is 0 Å². The lowest BCUT2D eigenvalue weighted by Crippen LogP contribution is -2.45. The number of hydrogen-bond acceptors (Lipinski definition) is 5. The minimum atomic E-state index is -0.118. The standard InChI is InChI=1S/C27H25ClN2O3/c28-21-8-6-20(7-9-21)24-18-33-27-22(26(24)32)10-11-25(31)23(27)17-30-14-12-29(13-15-30)16-19-4-2-1-3-5-19/h1-11,18,31H,12-17H2. The van der Waals surface area contributed by atoms with Crippen LogP contribution in [0, 0.1) is 0 Å². The molecular formula is C27H25ClN2O3. The summed E-state index contributed by atoms with van der Waals surface area (Å²) in [6.07, 6.45) is 1.48. The second kappa shape index (κ2) is 9.40. The summed E-state index contributed by atoms with van der Waals surface area (Å²) in [5.74, 6) is 0.150. The number of piperazine rings is 1. The van der Waals surface area contributed by atoms with E-state index in [9.17, 15) is 9.90 Å². The molecule has 0 saturated carbocycles. The molecule has 0 amide bonds. The number of hydrogen-bond donors (Lipinski definition) is 1. The Balaban J connectivity index is 1.35. The summed E-state index contributed by atoms with van der Waals surface area (Å²) in [5, 5.41) is 11.7. The lowest BCUT2D eigenvalue weighted by Gasteiger charge is -2.34. The fourth-order valence-electron chi connectivity index (χ4n) is 4.40. The first-order chi connectivity index (χ1) is 16.1. The minimum Gasteiger partial charge on any atom is -0.507 e. The van der Waals surface area contributed by atoms with Crippen LogP contribution in [-0.4, -0.2) is 41.1 Å². The van der Waals surface area contributed by atoms with Crippen LogP contribution in [0.5, 0.6) is 5.75 Å². The van der Waals surface area contributed by atoms with Crippen LogP contribution in [0.2, 0.25) is 5.02 Å². The van der Waals surface area contributed by atoms with E-state index in [0.717, 1.165) is 38.3 Å². The van der Waals surface area contributed by atoms with Crippen molar-refractivity contribution in [1.29, 1.82) is 0 Å². The van der Waals surface area contributed by atoms with E-state index < -0.39 is 0 Å². The van der Waals surface area contributed by atoms with E-state index in [1.54, 1.807) is 36.4 Å². The largest absolute Gasteiger partial charge is 0.507 e. The molecule has 33 heavy (non-hydrogen) atoms. The minimum absolute atomic E-state index is 0.118. The van der Waals surface area contributed by atoms with Gasteiger partial charge in [0.05, 0.1) is 16.5 Å². The molecule has 4 aromatic rings. The van der Waals surface area contributed by atoms with Gasteiger partial charge in [0.25, 0.3) is 0 Å². The highest BCUT2D eigenvalue weighted by atomic mass is 35.5. The molecule has 1 aromatic heterocycles. The molecule has 1 fully saturated rings. The quantitative estimate of drug-likeness (QED) is 0.447. The zero-order valence-electron chi connectivity index (χ0n) is 18.2. The van der Waals surface area contributed by atoms with E-state index >= 15 is 0 Å². The number of fused-ring (bicyclic) bond motifs is 1. The van der Waals surface area contributed by atoms with E-state index in [0.29, 0.717) is 33.7 Å². The number of phenolic OH excluding ortho intramolecular Hbond substituents is 1. The maximum Gasteiger partial charge on any atom is 0.200 e. The zero-order valence-corrected chi connectivity index (χ0v) is 19.0. The molecule has 1 saturated heterocycles. The van der Waals surface area contributed by atoms with Gasteiger partial charge in [-0.15, -0.1) is 0 Å². The fraction of sp³-hybridized carbons (Fsp3) is 0.222. The molecule has 0 unspecified atom stereocenters. The summed E-state index contributed by atoms with van der Waals surface area (Å²) in [4.78, 5) is 17.9. The van der Waals surface area contributed by atoms with Crippen molar-refractivity contribution in [1.82, 2.24) is 9.80 Å². The Morgan fingerprint density at radius 1 is 0.848 bits per heavy atom. The van der Waals surface area contributed by atoms with E-state index in [2.05, 4.69) is 34.1 Å². The first kappa shape index (κ1) is 21.7. The average Bonchev–Trinajstić information content (AvgIpc) is 2.84. The maximum atomic E-state index is 13.2. The number of phenols is 1. The number of aromatic hydroxyl groups is 1. The van der Waals surface area contributed by atoms with Gasteiger partial charge < -0.3 is 9.52 Å². The summed E-state index contributed by atoms with van der Waals surface area (Å²) in [6, 6.07) is 20.8. The van der Waals surface area contributed by atoms with Crippen molar-refractivity contribution < 1.29 is 9.52 Å². The molecule has 0 spiro atoms. The van der Waals surface area contributed by atoms with Gasteiger partial charge in [0.1, 0.15) is 17.6 Å². The van der Waals surface area contributed by atoms with Gasteiger partial charge in [-0.3, -0.25) is 14.6 Å². The van der Waals surface area contributed by atoms with E-state index in [-0.39, 0.29) is 11.2 Å². The molecule has 0 radical (unpaired) electrons. The number of nitrogens with zero attached hydrogens (tertiary/aromatic N) is 2. The smallest absolute Gasteiger partial charge is 0.200 e. The highest BCUT2D eigenvalue weighted by Crippen LogP contribution is 2.29. The second-order valence-corrected chi connectivity index (χ2v) is 8.90. The van der Waals surface area contributed by atoms with Gasteiger partial charge in [-0.1, -0.05) is 54.1 Å². The van der Waals surface area contributed by atoms with Crippen molar-refractivity contribution in [2.45, 2.75) is 13.1 Å². The molecule has 1 aliphatic rings. The molecule has 0 atom stereocenters.